The van der Waals surface area contributed by atoms with Crippen LogP contribution in [-0.2, 0) is 16.1 Å². The van der Waals surface area contributed by atoms with Gasteiger partial charge in [0.05, 0.1) is 34.1 Å². The number of fused-ring (bicyclic) bond motifs is 1. The van der Waals surface area contributed by atoms with E-state index in [2.05, 4.69) is 23.9 Å². The second kappa shape index (κ2) is 9.31. The lowest BCUT2D eigenvalue weighted by Crippen LogP contribution is -2.40. The molecule has 2 aromatic heterocycles. The second-order valence-corrected chi connectivity index (χ2v) is 9.23. The van der Waals surface area contributed by atoms with Crippen molar-refractivity contribution < 1.29 is 9.53 Å². The first kappa shape index (κ1) is 22.9. The minimum atomic E-state index is -0.600. The van der Waals surface area contributed by atoms with E-state index in [9.17, 15) is 9.59 Å². The third-order valence-electron chi connectivity index (χ3n) is 5.70. The molecule has 0 bridgehead atoms. The summed E-state index contributed by atoms with van der Waals surface area (Å²) in [6.07, 6.45) is 3.66. The molecule has 0 saturated carbocycles. The third-order valence-corrected chi connectivity index (χ3v) is 6.68. The van der Waals surface area contributed by atoms with E-state index in [-0.39, 0.29) is 12.2 Å². The molecule has 1 aromatic carbocycles. The number of rotatable bonds is 6. The number of ether oxygens (including phenoxy) is 1. The highest BCUT2D eigenvalue weighted by Gasteiger charge is 2.33. The number of aromatic nitrogens is 3. The Balaban J connectivity index is 1.91. The number of hydrogen-bond donors (Lipinski definition) is 0. The molecule has 8 heteroatoms. The molecular weight excluding hydrogens is 436 g/mol. The first-order chi connectivity index (χ1) is 15.8. The molecular formula is C25H28N4O3S. The van der Waals surface area contributed by atoms with Crippen molar-refractivity contribution in [1.29, 1.82) is 0 Å². The summed E-state index contributed by atoms with van der Waals surface area (Å²) < 4.78 is 9.29. The molecule has 0 saturated heterocycles. The Morgan fingerprint density at radius 3 is 2.55 bits per heavy atom. The molecule has 3 aromatic rings. The molecule has 0 spiro atoms. The van der Waals surface area contributed by atoms with Crippen molar-refractivity contribution in [3.05, 3.63) is 84.3 Å². The van der Waals surface area contributed by atoms with Crippen molar-refractivity contribution in [3.8, 4) is 0 Å². The molecule has 0 aliphatic carbocycles. The SMILES string of the molecule is CCOC(=O)C1=C(C)N=c2s/c(=C/c3ccn(CC)n3)c(=O)n2[C@@H]1c1ccc(C(C)C)cc1. The van der Waals surface area contributed by atoms with E-state index in [0.29, 0.717) is 32.2 Å². The number of allylic oxidation sites excluding steroid dienone is 1. The number of carbonyl (C=O) groups excluding carboxylic acids is 1. The molecule has 172 valence electrons. The van der Waals surface area contributed by atoms with Gasteiger partial charge in [-0.3, -0.25) is 14.0 Å². The lowest BCUT2D eigenvalue weighted by Gasteiger charge is -2.25. The topological polar surface area (TPSA) is 78.5 Å². The van der Waals surface area contributed by atoms with E-state index in [1.165, 1.54) is 16.9 Å². The number of nitrogens with zero attached hydrogens (tertiary/aromatic N) is 4. The summed E-state index contributed by atoms with van der Waals surface area (Å²) in [5.74, 6) is -0.0709. The minimum Gasteiger partial charge on any atom is -0.463 e. The number of esters is 1. The molecule has 7 nitrogen and oxygen atoms in total. The van der Waals surface area contributed by atoms with Crippen molar-refractivity contribution in [2.45, 2.75) is 53.1 Å². The molecule has 1 atom stereocenters. The van der Waals surface area contributed by atoms with Crippen LogP contribution in [0.15, 0.2) is 57.6 Å². The average molecular weight is 465 g/mol. The number of aryl methyl sites for hydroxylation is 1. The Morgan fingerprint density at radius 2 is 1.94 bits per heavy atom. The molecule has 0 fully saturated rings. The molecule has 0 unspecified atom stereocenters. The summed E-state index contributed by atoms with van der Waals surface area (Å²) in [5, 5.41) is 4.46. The smallest absolute Gasteiger partial charge is 0.338 e. The van der Waals surface area contributed by atoms with E-state index in [4.69, 9.17) is 4.74 Å². The van der Waals surface area contributed by atoms with Gasteiger partial charge in [-0.1, -0.05) is 49.4 Å². The van der Waals surface area contributed by atoms with Gasteiger partial charge in [0.1, 0.15) is 0 Å². The van der Waals surface area contributed by atoms with Crippen LogP contribution in [0.4, 0.5) is 0 Å². The summed E-state index contributed by atoms with van der Waals surface area (Å²) in [6, 6.07) is 9.34. The van der Waals surface area contributed by atoms with Gasteiger partial charge in [0.2, 0.25) is 0 Å². The zero-order chi connectivity index (χ0) is 23.7. The molecule has 3 heterocycles. The van der Waals surface area contributed by atoms with Crippen molar-refractivity contribution in [2.75, 3.05) is 6.61 Å². The Hall–Kier alpha value is -3.26. The lowest BCUT2D eigenvalue weighted by molar-refractivity contribution is -0.139. The van der Waals surface area contributed by atoms with Crippen molar-refractivity contribution >= 4 is 23.4 Å². The highest BCUT2D eigenvalue weighted by Crippen LogP contribution is 2.31. The van der Waals surface area contributed by atoms with Gasteiger partial charge in [-0.05, 0) is 50.0 Å². The average Bonchev–Trinajstić information content (AvgIpc) is 3.37. The summed E-state index contributed by atoms with van der Waals surface area (Å²) in [4.78, 5) is 31.7. The van der Waals surface area contributed by atoms with Crippen LogP contribution in [-0.4, -0.2) is 26.9 Å². The molecule has 0 radical (unpaired) electrons. The zero-order valence-corrected chi connectivity index (χ0v) is 20.3. The van der Waals surface area contributed by atoms with Crippen LogP contribution < -0.4 is 14.9 Å². The van der Waals surface area contributed by atoms with Crippen LogP contribution in [0.5, 0.6) is 0 Å². The van der Waals surface area contributed by atoms with Gasteiger partial charge < -0.3 is 4.74 Å². The number of hydrogen-bond acceptors (Lipinski definition) is 6. The van der Waals surface area contributed by atoms with Gasteiger partial charge in [-0.25, -0.2) is 9.79 Å². The van der Waals surface area contributed by atoms with Gasteiger partial charge in [0.25, 0.3) is 5.56 Å². The van der Waals surface area contributed by atoms with E-state index >= 15 is 0 Å². The van der Waals surface area contributed by atoms with Gasteiger partial charge in [-0.2, -0.15) is 5.10 Å². The molecule has 1 aliphatic heterocycles. The van der Waals surface area contributed by atoms with Gasteiger partial charge in [0.15, 0.2) is 4.80 Å². The molecule has 0 N–H and O–H groups in total. The maximum absolute atomic E-state index is 13.6. The van der Waals surface area contributed by atoms with Gasteiger partial charge in [-0.15, -0.1) is 0 Å². The van der Waals surface area contributed by atoms with E-state index in [0.717, 1.165) is 12.1 Å². The lowest BCUT2D eigenvalue weighted by atomic mass is 9.93. The maximum atomic E-state index is 13.6. The number of carbonyl (C=O) groups is 1. The monoisotopic (exact) mass is 464 g/mol. The molecule has 0 amide bonds. The summed E-state index contributed by atoms with van der Waals surface area (Å²) in [5.41, 5.74) is 3.51. The fourth-order valence-corrected chi connectivity index (χ4v) is 4.97. The van der Waals surface area contributed by atoms with E-state index < -0.39 is 12.0 Å². The number of thiazole rings is 1. The zero-order valence-electron chi connectivity index (χ0n) is 19.5. The Kier molecular flexibility index (Phi) is 6.47. The maximum Gasteiger partial charge on any atom is 0.338 e. The first-order valence-electron chi connectivity index (χ1n) is 11.2. The van der Waals surface area contributed by atoms with Crippen LogP contribution in [0.25, 0.3) is 6.08 Å². The third kappa shape index (κ3) is 4.35. The summed E-state index contributed by atoms with van der Waals surface area (Å²) >= 11 is 1.30. The summed E-state index contributed by atoms with van der Waals surface area (Å²) in [7, 11) is 0. The molecule has 4 rings (SSSR count). The largest absolute Gasteiger partial charge is 0.463 e. The Bertz CT molecular complexity index is 1390. The fourth-order valence-electron chi connectivity index (χ4n) is 3.93. The van der Waals surface area contributed by atoms with Crippen molar-refractivity contribution in [3.63, 3.8) is 0 Å². The van der Waals surface area contributed by atoms with E-state index in [1.807, 2.05) is 48.1 Å². The van der Waals surface area contributed by atoms with Crippen molar-refractivity contribution in [1.82, 2.24) is 14.3 Å². The Labute approximate surface area is 196 Å². The predicted octanol–water partition coefficient (Wildman–Crippen LogP) is 3.14. The van der Waals surface area contributed by atoms with Crippen LogP contribution in [0.1, 0.15) is 63.4 Å². The van der Waals surface area contributed by atoms with Gasteiger partial charge in [0, 0.05) is 12.7 Å². The van der Waals surface area contributed by atoms with Crippen LogP contribution in [0, 0.1) is 0 Å². The highest BCUT2D eigenvalue weighted by atomic mass is 32.1. The number of benzene rings is 1. The first-order valence-corrected chi connectivity index (χ1v) is 12.0. The Morgan fingerprint density at radius 1 is 1.21 bits per heavy atom. The summed E-state index contributed by atoms with van der Waals surface area (Å²) in [6.45, 7) is 10.8. The van der Waals surface area contributed by atoms with Crippen LogP contribution in [0.3, 0.4) is 0 Å². The van der Waals surface area contributed by atoms with Gasteiger partial charge >= 0.3 is 5.97 Å². The standard InChI is InChI=1S/C25H28N4O3S/c1-6-28-13-12-19(27-28)14-20-23(30)29-22(18-10-8-17(9-11-18)15(3)4)21(24(31)32-7-2)16(5)26-25(29)33-20/h8-15,22H,6-7H2,1-5H3/b20-14+/t22-/m1/s1. The van der Waals surface area contributed by atoms with Crippen LogP contribution in [0.2, 0.25) is 0 Å². The normalized spacial score (nSPS) is 16.2. The highest BCUT2D eigenvalue weighted by molar-refractivity contribution is 7.07. The molecule has 1 aliphatic rings. The predicted molar refractivity (Wildman–Crippen MR) is 129 cm³/mol. The molecule has 33 heavy (non-hydrogen) atoms. The second-order valence-electron chi connectivity index (χ2n) is 8.22. The van der Waals surface area contributed by atoms with Crippen LogP contribution >= 0.6 is 11.3 Å². The minimum absolute atomic E-state index is 0.197. The quantitative estimate of drug-likeness (QED) is 0.525. The van der Waals surface area contributed by atoms with E-state index in [1.54, 1.807) is 24.5 Å². The fraction of sp³-hybridized carbons (Fsp3) is 0.360. The van der Waals surface area contributed by atoms with Crippen molar-refractivity contribution in [2.24, 2.45) is 4.99 Å².